The van der Waals surface area contributed by atoms with Crippen molar-refractivity contribution in [3.63, 3.8) is 0 Å². The van der Waals surface area contributed by atoms with Crippen LogP contribution >= 0.6 is 0 Å². The van der Waals surface area contributed by atoms with Crippen LogP contribution in [0.3, 0.4) is 0 Å². The second kappa shape index (κ2) is 6.23. The summed E-state index contributed by atoms with van der Waals surface area (Å²) in [6, 6.07) is -0.00701. The highest BCUT2D eigenvalue weighted by Gasteiger charge is 2.38. The van der Waals surface area contributed by atoms with Gasteiger partial charge in [-0.1, -0.05) is 20.8 Å². The van der Waals surface area contributed by atoms with E-state index in [2.05, 4.69) is 35.9 Å². The zero-order valence-corrected chi connectivity index (χ0v) is 12.9. The summed E-state index contributed by atoms with van der Waals surface area (Å²) in [4.78, 5) is 16.9. The first-order chi connectivity index (χ1) is 9.01. The molecular weight excluding hydrogens is 238 g/mol. The second-order valence-electron chi connectivity index (χ2n) is 6.57. The molecule has 2 fully saturated rings. The SMILES string of the molecule is CCN1CCC(CN2C(=O)C(C)NC2CC(C)C)C1. The minimum atomic E-state index is -0.00701. The molecule has 0 aromatic heterocycles. The van der Waals surface area contributed by atoms with Crippen LogP contribution in [0.25, 0.3) is 0 Å². The van der Waals surface area contributed by atoms with Crippen LogP contribution in [0.15, 0.2) is 0 Å². The Morgan fingerprint density at radius 2 is 2.16 bits per heavy atom. The molecule has 2 rings (SSSR count). The molecule has 0 radical (unpaired) electrons. The maximum atomic E-state index is 12.3. The highest BCUT2D eigenvalue weighted by molar-refractivity contribution is 5.83. The average molecular weight is 267 g/mol. The first kappa shape index (κ1) is 14.8. The molecule has 2 heterocycles. The van der Waals surface area contributed by atoms with E-state index in [9.17, 15) is 4.79 Å². The summed E-state index contributed by atoms with van der Waals surface area (Å²) in [5.74, 6) is 1.57. The summed E-state index contributed by atoms with van der Waals surface area (Å²) in [6.45, 7) is 13.1. The number of likely N-dealkylation sites (tertiary alicyclic amines) is 1. The van der Waals surface area contributed by atoms with Crippen LogP contribution in [0.2, 0.25) is 0 Å². The predicted molar refractivity (Wildman–Crippen MR) is 77.8 cm³/mol. The number of carbonyl (C=O) groups excluding carboxylic acids is 1. The Balaban J connectivity index is 1.94. The van der Waals surface area contributed by atoms with Crippen molar-refractivity contribution in [2.75, 3.05) is 26.2 Å². The molecule has 4 nitrogen and oxygen atoms in total. The van der Waals surface area contributed by atoms with Crippen LogP contribution in [0.5, 0.6) is 0 Å². The number of hydrogen-bond acceptors (Lipinski definition) is 3. The van der Waals surface area contributed by atoms with Gasteiger partial charge in [0.05, 0.1) is 12.2 Å². The predicted octanol–water partition coefficient (Wildman–Crippen LogP) is 1.52. The fraction of sp³-hybridized carbons (Fsp3) is 0.933. The molecule has 110 valence electrons. The molecule has 0 aliphatic carbocycles. The van der Waals surface area contributed by atoms with Gasteiger partial charge < -0.3 is 9.80 Å². The Labute approximate surface area is 117 Å². The van der Waals surface area contributed by atoms with Gasteiger partial charge in [0, 0.05) is 13.1 Å². The Morgan fingerprint density at radius 3 is 2.74 bits per heavy atom. The number of hydrogen-bond donors (Lipinski definition) is 1. The molecule has 1 amide bonds. The van der Waals surface area contributed by atoms with Crippen molar-refractivity contribution in [2.24, 2.45) is 11.8 Å². The standard InChI is InChI=1S/C15H29N3O/c1-5-17-7-6-13(9-17)10-18-14(8-11(2)3)16-12(4)15(18)19/h11-14,16H,5-10H2,1-4H3. The van der Waals surface area contributed by atoms with Crippen molar-refractivity contribution in [3.05, 3.63) is 0 Å². The molecule has 4 heteroatoms. The molecule has 2 aliphatic heterocycles. The zero-order chi connectivity index (χ0) is 14.0. The van der Waals surface area contributed by atoms with Gasteiger partial charge in [-0.15, -0.1) is 0 Å². The van der Waals surface area contributed by atoms with E-state index < -0.39 is 0 Å². The molecule has 0 aromatic rings. The molecule has 0 saturated carbocycles. The van der Waals surface area contributed by atoms with Gasteiger partial charge in [-0.3, -0.25) is 10.1 Å². The Hall–Kier alpha value is -0.610. The Bertz CT molecular complexity index is 319. The van der Waals surface area contributed by atoms with Gasteiger partial charge in [-0.05, 0) is 44.7 Å². The number of nitrogens with one attached hydrogen (secondary N) is 1. The topological polar surface area (TPSA) is 35.6 Å². The summed E-state index contributed by atoms with van der Waals surface area (Å²) in [5.41, 5.74) is 0. The van der Waals surface area contributed by atoms with E-state index >= 15 is 0 Å². The molecule has 3 atom stereocenters. The minimum Gasteiger partial charge on any atom is -0.325 e. The highest BCUT2D eigenvalue weighted by atomic mass is 16.2. The highest BCUT2D eigenvalue weighted by Crippen LogP contribution is 2.23. The molecule has 0 aromatic carbocycles. The molecule has 3 unspecified atom stereocenters. The summed E-state index contributed by atoms with van der Waals surface area (Å²) in [5, 5.41) is 3.45. The zero-order valence-electron chi connectivity index (χ0n) is 12.9. The molecule has 19 heavy (non-hydrogen) atoms. The van der Waals surface area contributed by atoms with Crippen LogP contribution in [0.4, 0.5) is 0 Å². The molecular formula is C15H29N3O. The fourth-order valence-corrected chi connectivity index (χ4v) is 3.34. The second-order valence-corrected chi connectivity index (χ2v) is 6.57. The maximum Gasteiger partial charge on any atom is 0.240 e. The molecule has 0 bridgehead atoms. The lowest BCUT2D eigenvalue weighted by molar-refractivity contribution is -0.130. The van der Waals surface area contributed by atoms with E-state index in [4.69, 9.17) is 0 Å². The Morgan fingerprint density at radius 1 is 1.42 bits per heavy atom. The summed E-state index contributed by atoms with van der Waals surface area (Å²) >= 11 is 0. The molecule has 0 spiro atoms. The normalized spacial score (nSPS) is 32.8. The van der Waals surface area contributed by atoms with Gasteiger partial charge in [0.2, 0.25) is 5.91 Å². The van der Waals surface area contributed by atoms with Gasteiger partial charge in [-0.25, -0.2) is 0 Å². The van der Waals surface area contributed by atoms with Crippen LogP contribution in [0.1, 0.15) is 40.5 Å². The molecule has 2 aliphatic rings. The summed E-state index contributed by atoms with van der Waals surface area (Å²) in [7, 11) is 0. The van der Waals surface area contributed by atoms with Gasteiger partial charge in [0.1, 0.15) is 0 Å². The van der Waals surface area contributed by atoms with Gasteiger partial charge in [0.25, 0.3) is 0 Å². The summed E-state index contributed by atoms with van der Waals surface area (Å²) < 4.78 is 0. The number of carbonyl (C=O) groups is 1. The van der Waals surface area contributed by atoms with Crippen molar-refractivity contribution in [1.82, 2.24) is 15.1 Å². The van der Waals surface area contributed by atoms with E-state index in [1.165, 1.54) is 13.0 Å². The first-order valence-corrected chi connectivity index (χ1v) is 7.80. The maximum absolute atomic E-state index is 12.3. The van der Waals surface area contributed by atoms with E-state index in [1.807, 2.05) is 6.92 Å². The van der Waals surface area contributed by atoms with E-state index in [0.29, 0.717) is 17.7 Å². The fourth-order valence-electron chi connectivity index (χ4n) is 3.34. The number of amides is 1. The van der Waals surface area contributed by atoms with Crippen molar-refractivity contribution in [1.29, 1.82) is 0 Å². The van der Waals surface area contributed by atoms with Crippen LogP contribution in [-0.2, 0) is 4.79 Å². The third-order valence-electron chi connectivity index (χ3n) is 4.44. The van der Waals surface area contributed by atoms with E-state index in [0.717, 1.165) is 26.1 Å². The largest absolute Gasteiger partial charge is 0.325 e. The van der Waals surface area contributed by atoms with Crippen molar-refractivity contribution < 1.29 is 4.79 Å². The lowest BCUT2D eigenvalue weighted by Gasteiger charge is -2.28. The quantitative estimate of drug-likeness (QED) is 0.820. The van der Waals surface area contributed by atoms with Crippen LogP contribution < -0.4 is 5.32 Å². The molecule has 1 N–H and O–H groups in total. The average Bonchev–Trinajstić information content (AvgIpc) is 2.90. The van der Waals surface area contributed by atoms with Gasteiger partial charge in [0.15, 0.2) is 0 Å². The third-order valence-corrected chi connectivity index (χ3v) is 4.44. The van der Waals surface area contributed by atoms with Crippen molar-refractivity contribution >= 4 is 5.91 Å². The van der Waals surface area contributed by atoms with Gasteiger partial charge in [-0.2, -0.15) is 0 Å². The van der Waals surface area contributed by atoms with Gasteiger partial charge >= 0.3 is 0 Å². The minimum absolute atomic E-state index is 0.00701. The van der Waals surface area contributed by atoms with E-state index in [-0.39, 0.29) is 12.2 Å². The van der Waals surface area contributed by atoms with Crippen molar-refractivity contribution in [3.8, 4) is 0 Å². The van der Waals surface area contributed by atoms with Crippen molar-refractivity contribution in [2.45, 2.75) is 52.7 Å². The number of rotatable bonds is 5. The smallest absolute Gasteiger partial charge is 0.240 e. The van der Waals surface area contributed by atoms with Crippen LogP contribution in [0, 0.1) is 11.8 Å². The molecule has 2 saturated heterocycles. The van der Waals surface area contributed by atoms with Crippen LogP contribution in [-0.4, -0.2) is 54.1 Å². The third kappa shape index (κ3) is 3.48. The monoisotopic (exact) mass is 267 g/mol. The first-order valence-electron chi connectivity index (χ1n) is 7.80. The van der Waals surface area contributed by atoms with E-state index in [1.54, 1.807) is 0 Å². The number of nitrogens with zero attached hydrogens (tertiary/aromatic N) is 2. The summed E-state index contributed by atoms with van der Waals surface area (Å²) in [6.07, 6.45) is 2.54. The lowest BCUT2D eigenvalue weighted by atomic mass is 10.1. The lowest BCUT2D eigenvalue weighted by Crippen LogP contribution is -2.41. The Kier molecular flexibility index (Phi) is 4.85.